The number of imide groups is 1. The maximum absolute atomic E-state index is 15.8. The lowest BCUT2D eigenvalue weighted by atomic mass is 9.72. The number of nitrogens with one attached hydrogen (secondary N) is 1. The second-order valence-electron chi connectivity index (χ2n) is 15.4. The molecule has 0 radical (unpaired) electrons. The van der Waals surface area contributed by atoms with Crippen LogP contribution in [-0.2, 0) is 27.5 Å². The molecular formula is C38H43ClF3N5O4. The van der Waals surface area contributed by atoms with Crippen LogP contribution < -0.4 is 5.32 Å². The summed E-state index contributed by atoms with van der Waals surface area (Å²) in [5.74, 6) is -5.18. The van der Waals surface area contributed by atoms with Gasteiger partial charge in [-0.05, 0) is 66.9 Å². The van der Waals surface area contributed by atoms with Gasteiger partial charge in [0.05, 0.1) is 19.1 Å². The largest absolute Gasteiger partial charge is 0.336 e. The van der Waals surface area contributed by atoms with Crippen LogP contribution in [0.25, 0.3) is 5.57 Å². The molecule has 0 bridgehead atoms. The zero-order valence-corrected chi connectivity index (χ0v) is 29.7. The fraction of sp³-hybridized carbons (Fsp3) is 0.526. The van der Waals surface area contributed by atoms with E-state index in [1.165, 1.54) is 17.0 Å². The van der Waals surface area contributed by atoms with Crippen LogP contribution in [0, 0.1) is 11.2 Å². The number of allylic oxidation sites excluding steroid dienone is 1. The van der Waals surface area contributed by atoms with E-state index in [0.29, 0.717) is 44.2 Å². The predicted molar refractivity (Wildman–Crippen MR) is 185 cm³/mol. The molecule has 2 atom stereocenters. The molecule has 9 nitrogen and oxygen atoms in total. The summed E-state index contributed by atoms with van der Waals surface area (Å²) >= 11 is 6.14. The van der Waals surface area contributed by atoms with Crippen LogP contribution in [0.2, 0.25) is 5.02 Å². The smallest absolute Gasteiger partial charge is 0.275 e. The summed E-state index contributed by atoms with van der Waals surface area (Å²) in [4.78, 5) is 57.3. The van der Waals surface area contributed by atoms with Gasteiger partial charge in [0.15, 0.2) is 0 Å². The number of rotatable bonds is 6. The molecule has 3 saturated heterocycles. The molecule has 51 heavy (non-hydrogen) atoms. The molecule has 0 aromatic heterocycles. The maximum Gasteiger partial charge on any atom is 0.275 e. The van der Waals surface area contributed by atoms with Crippen molar-refractivity contribution in [2.75, 3.05) is 39.3 Å². The number of hydrogen-bond donors (Lipinski definition) is 1. The number of fused-ring (bicyclic) bond motifs is 1. The van der Waals surface area contributed by atoms with Gasteiger partial charge in [-0.15, -0.1) is 0 Å². The third kappa shape index (κ3) is 7.06. The molecule has 4 heterocycles. The minimum Gasteiger partial charge on any atom is -0.336 e. The number of alkyl halides is 2. The highest BCUT2D eigenvalue weighted by Gasteiger charge is 2.48. The molecule has 7 rings (SSSR count). The molecular weight excluding hydrogens is 683 g/mol. The number of hydrogen-bond acceptors (Lipinski definition) is 6. The first kappa shape index (κ1) is 35.7. The van der Waals surface area contributed by atoms with Crippen molar-refractivity contribution in [3.8, 4) is 0 Å². The first-order valence-electron chi connectivity index (χ1n) is 17.8. The Kier molecular flexibility index (Phi) is 9.56. The van der Waals surface area contributed by atoms with Gasteiger partial charge in [-0.1, -0.05) is 43.6 Å². The standard InChI is InChI=1S/C38H43ClF3N5O4/c1-37(2)13-11-27(28(19-37)23-3-6-25(39)7-4-23)35(50)46-17-15-45(16-18-46)31-12-14-44(22-38(31,41)42)20-24-5-8-26-29(33(24)40)21-47(36(26)51)30-9-10-32(48)43-34(30)49/h3-8,30-31H,9-22H2,1-2H3,(H,43,48,49). The Balaban J connectivity index is 0.971. The molecule has 2 aromatic rings. The van der Waals surface area contributed by atoms with Gasteiger partial charge in [-0.25, -0.2) is 13.2 Å². The Bertz CT molecular complexity index is 1790. The minimum absolute atomic E-state index is 0.0185. The zero-order valence-electron chi connectivity index (χ0n) is 29.0. The lowest BCUT2D eigenvalue weighted by molar-refractivity contribution is -0.142. The number of piperazine rings is 1. The molecule has 4 amide bonds. The molecule has 0 saturated carbocycles. The summed E-state index contributed by atoms with van der Waals surface area (Å²) in [6.07, 6.45) is 2.77. The van der Waals surface area contributed by atoms with Gasteiger partial charge < -0.3 is 9.80 Å². The fourth-order valence-electron chi connectivity index (χ4n) is 8.48. The molecule has 1 aliphatic carbocycles. The van der Waals surface area contributed by atoms with Crippen molar-refractivity contribution >= 4 is 40.8 Å². The van der Waals surface area contributed by atoms with Crippen LogP contribution in [0.1, 0.15) is 79.4 Å². The Morgan fingerprint density at radius 2 is 1.69 bits per heavy atom. The average molecular weight is 726 g/mol. The van der Waals surface area contributed by atoms with Crippen LogP contribution in [0.15, 0.2) is 42.0 Å². The van der Waals surface area contributed by atoms with Crippen molar-refractivity contribution in [2.24, 2.45) is 5.41 Å². The second-order valence-corrected chi connectivity index (χ2v) is 15.8. The highest BCUT2D eigenvalue weighted by Crippen LogP contribution is 2.44. The topological polar surface area (TPSA) is 93.3 Å². The summed E-state index contributed by atoms with van der Waals surface area (Å²) in [5, 5.41) is 2.86. The highest BCUT2D eigenvalue weighted by atomic mass is 35.5. The zero-order chi connectivity index (χ0) is 36.2. The molecule has 3 fully saturated rings. The van der Waals surface area contributed by atoms with Gasteiger partial charge in [0.25, 0.3) is 11.8 Å². The van der Waals surface area contributed by atoms with Crippen molar-refractivity contribution < 1.29 is 32.3 Å². The molecule has 272 valence electrons. The Morgan fingerprint density at radius 3 is 2.37 bits per heavy atom. The van der Waals surface area contributed by atoms with E-state index in [-0.39, 0.29) is 60.4 Å². The van der Waals surface area contributed by atoms with Gasteiger partial charge in [-0.2, -0.15) is 0 Å². The monoisotopic (exact) mass is 725 g/mol. The van der Waals surface area contributed by atoms with E-state index in [1.54, 1.807) is 14.7 Å². The van der Waals surface area contributed by atoms with Crippen molar-refractivity contribution in [1.29, 1.82) is 0 Å². The van der Waals surface area contributed by atoms with Crippen LogP contribution in [0.4, 0.5) is 13.2 Å². The van der Waals surface area contributed by atoms with Gasteiger partial charge in [0.1, 0.15) is 11.9 Å². The Labute approximate surface area is 300 Å². The van der Waals surface area contributed by atoms with Crippen LogP contribution >= 0.6 is 11.6 Å². The van der Waals surface area contributed by atoms with Crippen LogP contribution in [-0.4, -0.2) is 101 Å². The number of carbonyl (C=O) groups excluding carboxylic acids is 4. The summed E-state index contributed by atoms with van der Waals surface area (Å²) in [6, 6.07) is 8.67. The molecule has 4 aliphatic heterocycles. The number of piperidine rings is 2. The number of carbonyl (C=O) groups is 4. The highest BCUT2D eigenvalue weighted by molar-refractivity contribution is 6.30. The summed E-state index contributed by atoms with van der Waals surface area (Å²) in [7, 11) is 0. The van der Waals surface area contributed by atoms with Gasteiger partial charge >= 0.3 is 0 Å². The van der Waals surface area contributed by atoms with Gasteiger partial charge in [0.2, 0.25) is 17.7 Å². The molecule has 2 unspecified atom stereocenters. The maximum atomic E-state index is 15.8. The van der Waals surface area contributed by atoms with Crippen molar-refractivity contribution in [1.82, 2.24) is 24.9 Å². The molecule has 13 heteroatoms. The minimum atomic E-state index is -3.06. The third-order valence-electron chi connectivity index (χ3n) is 11.3. The van der Waals surface area contributed by atoms with E-state index in [0.717, 1.165) is 29.6 Å². The summed E-state index contributed by atoms with van der Waals surface area (Å²) < 4.78 is 47.4. The molecule has 1 N–H and O–H groups in total. The first-order valence-corrected chi connectivity index (χ1v) is 18.1. The lowest BCUT2D eigenvalue weighted by Crippen LogP contribution is -2.62. The fourth-order valence-corrected chi connectivity index (χ4v) is 8.60. The van der Waals surface area contributed by atoms with Crippen molar-refractivity contribution in [3.05, 3.63) is 75.1 Å². The summed E-state index contributed by atoms with van der Waals surface area (Å²) in [5.41, 5.74) is 3.39. The number of likely N-dealkylation sites (tertiary alicyclic amines) is 1. The quantitative estimate of drug-likeness (QED) is 0.409. The van der Waals surface area contributed by atoms with E-state index in [9.17, 15) is 19.2 Å². The first-order chi connectivity index (χ1) is 24.2. The summed E-state index contributed by atoms with van der Waals surface area (Å²) in [6.45, 7) is 5.47. The second kappa shape index (κ2) is 13.7. The average Bonchev–Trinajstić information content (AvgIpc) is 3.41. The number of benzene rings is 2. The van der Waals surface area contributed by atoms with Crippen LogP contribution in [0.3, 0.4) is 0 Å². The van der Waals surface area contributed by atoms with E-state index in [4.69, 9.17) is 11.6 Å². The van der Waals surface area contributed by atoms with Crippen LogP contribution in [0.5, 0.6) is 0 Å². The normalized spacial score (nSPS) is 25.6. The lowest BCUT2D eigenvalue weighted by Gasteiger charge is -2.46. The Morgan fingerprint density at radius 1 is 0.961 bits per heavy atom. The Hall–Kier alpha value is -3.74. The van der Waals surface area contributed by atoms with Gasteiger partial charge in [-0.3, -0.25) is 34.3 Å². The molecule has 5 aliphatic rings. The van der Waals surface area contributed by atoms with Crippen molar-refractivity contribution in [2.45, 2.75) is 83.5 Å². The molecule has 2 aromatic carbocycles. The molecule has 0 spiro atoms. The number of halogens is 4. The van der Waals surface area contributed by atoms with Crippen molar-refractivity contribution in [3.63, 3.8) is 0 Å². The number of nitrogens with zero attached hydrogens (tertiary/aromatic N) is 4. The SMILES string of the molecule is CC1(C)CCC(C(=O)N2CCN(C3CCN(Cc4ccc5c(c4F)CN(C4CCC(=O)NC4=O)C5=O)CC3(F)F)CC2)=C(c2ccc(Cl)cc2)C1. The van der Waals surface area contributed by atoms with E-state index in [2.05, 4.69) is 19.2 Å². The van der Waals surface area contributed by atoms with E-state index < -0.39 is 48.1 Å². The van der Waals surface area contributed by atoms with E-state index in [1.807, 2.05) is 24.3 Å². The third-order valence-corrected chi connectivity index (χ3v) is 11.6. The number of amides is 4. The van der Waals surface area contributed by atoms with E-state index >= 15 is 13.2 Å². The predicted octanol–water partition coefficient (Wildman–Crippen LogP) is 5.26. The van der Waals surface area contributed by atoms with Gasteiger partial charge in [0, 0.05) is 73.0 Å².